The first-order chi connectivity index (χ1) is 15.4. The fraction of sp³-hybridized carbons (Fsp3) is 0.125. The maximum atomic E-state index is 12.5. The maximum absolute atomic E-state index is 12.5. The molecule has 0 aromatic heterocycles. The number of ether oxygens (including phenoxy) is 2. The smallest absolute Gasteiger partial charge is 0.342 e. The minimum Gasteiger partial charge on any atom is -0.483 e. The molecule has 0 saturated heterocycles. The van der Waals surface area contributed by atoms with Crippen molar-refractivity contribution in [3.63, 3.8) is 0 Å². The van der Waals surface area contributed by atoms with Crippen molar-refractivity contribution in [2.45, 2.75) is 6.92 Å². The summed E-state index contributed by atoms with van der Waals surface area (Å²) in [6.45, 7) is 1.11. The SMILES string of the molecule is Cc1ccccc1NC(=O)COC(=O)c1ccccc1OCC(=O)Nc1ccc(Br)cc1. The highest BCUT2D eigenvalue weighted by atomic mass is 79.9. The highest BCUT2D eigenvalue weighted by molar-refractivity contribution is 9.10. The second-order valence-corrected chi connectivity index (χ2v) is 7.69. The normalized spacial score (nSPS) is 10.2. The molecular weight excluding hydrogens is 476 g/mol. The number of amides is 2. The second-order valence-electron chi connectivity index (χ2n) is 6.78. The predicted octanol–water partition coefficient (Wildman–Crippen LogP) is 4.57. The van der Waals surface area contributed by atoms with E-state index in [9.17, 15) is 14.4 Å². The molecule has 0 heterocycles. The number of halogens is 1. The summed E-state index contributed by atoms with van der Waals surface area (Å²) in [6.07, 6.45) is 0. The van der Waals surface area contributed by atoms with Crippen molar-refractivity contribution in [2.24, 2.45) is 0 Å². The molecule has 0 spiro atoms. The van der Waals surface area contributed by atoms with E-state index in [4.69, 9.17) is 9.47 Å². The molecule has 0 aliphatic carbocycles. The quantitative estimate of drug-likeness (QED) is 0.445. The molecule has 0 saturated carbocycles. The van der Waals surface area contributed by atoms with Gasteiger partial charge in [0, 0.05) is 15.8 Å². The van der Waals surface area contributed by atoms with Crippen LogP contribution in [0.5, 0.6) is 5.75 Å². The van der Waals surface area contributed by atoms with Gasteiger partial charge in [0.05, 0.1) is 0 Å². The molecule has 3 rings (SSSR count). The zero-order chi connectivity index (χ0) is 22.9. The molecule has 3 aromatic rings. The molecule has 164 valence electrons. The van der Waals surface area contributed by atoms with Crippen LogP contribution in [0.15, 0.2) is 77.3 Å². The van der Waals surface area contributed by atoms with Crippen LogP contribution in [0.3, 0.4) is 0 Å². The number of rotatable bonds is 8. The number of hydrogen-bond donors (Lipinski definition) is 2. The highest BCUT2D eigenvalue weighted by Gasteiger charge is 2.16. The number of nitrogens with one attached hydrogen (secondary N) is 2. The minimum absolute atomic E-state index is 0.118. The molecule has 0 radical (unpaired) electrons. The summed E-state index contributed by atoms with van der Waals surface area (Å²) >= 11 is 3.33. The number of hydrogen-bond acceptors (Lipinski definition) is 5. The second kappa shape index (κ2) is 11.1. The Balaban J connectivity index is 1.53. The third-order valence-electron chi connectivity index (χ3n) is 4.35. The van der Waals surface area contributed by atoms with E-state index in [0.29, 0.717) is 11.4 Å². The van der Waals surface area contributed by atoms with E-state index in [1.54, 1.807) is 54.6 Å². The minimum atomic E-state index is -0.728. The molecule has 3 aromatic carbocycles. The van der Waals surface area contributed by atoms with Crippen LogP contribution in [0.25, 0.3) is 0 Å². The van der Waals surface area contributed by atoms with E-state index in [-0.39, 0.29) is 23.8 Å². The Bertz CT molecular complexity index is 1120. The van der Waals surface area contributed by atoms with Crippen molar-refractivity contribution >= 4 is 45.1 Å². The van der Waals surface area contributed by atoms with E-state index in [1.165, 1.54) is 6.07 Å². The molecule has 2 N–H and O–H groups in total. The van der Waals surface area contributed by atoms with Crippen LogP contribution in [0.2, 0.25) is 0 Å². The lowest BCUT2D eigenvalue weighted by Gasteiger charge is -2.12. The summed E-state index contributed by atoms with van der Waals surface area (Å²) in [6, 6.07) is 20.7. The van der Waals surface area contributed by atoms with Gasteiger partial charge in [-0.2, -0.15) is 0 Å². The van der Waals surface area contributed by atoms with E-state index in [2.05, 4.69) is 26.6 Å². The summed E-state index contributed by atoms with van der Waals surface area (Å²) in [5.41, 5.74) is 2.28. The zero-order valence-electron chi connectivity index (χ0n) is 17.3. The monoisotopic (exact) mass is 496 g/mol. The van der Waals surface area contributed by atoms with Crippen LogP contribution in [0.1, 0.15) is 15.9 Å². The van der Waals surface area contributed by atoms with Crippen LogP contribution < -0.4 is 15.4 Å². The van der Waals surface area contributed by atoms with E-state index >= 15 is 0 Å². The van der Waals surface area contributed by atoms with Gasteiger partial charge in [-0.15, -0.1) is 0 Å². The summed E-state index contributed by atoms with van der Waals surface area (Å²) in [7, 11) is 0. The Hall–Kier alpha value is -3.65. The van der Waals surface area contributed by atoms with Gasteiger partial charge in [0.2, 0.25) is 0 Å². The number of esters is 1. The summed E-state index contributed by atoms with van der Waals surface area (Å²) in [5.74, 6) is -1.38. The first-order valence-electron chi connectivity index (χ1n) is 9.72. The Labute approximate surface area is 193 Å². The van der Waals surface area contributed by atoms with Gasteiger partial charge < -0.3 is 20.1 Å². The van der Waals surface area contributed by atoms with Crippen LogP contribution in [-0.4, -0.2) is 31.0 Å². The Morgan fingerprint density at radius 3 is 2.22 bits per heavy atom. The van der Waals surface area contributed by atoms with Crippen molar-refractivity contribution < 1.29 is 23.9 Å². The number of carbonyl (C=O) groups is 3. The van der Waals surface area contributed by atoms with Crippen molar-refractivity contribution in [3.05, 3.63) is 88.4 Å². The fourth-order valence-electron chi connectivity index (χ4n) is 2.74. The molecule has 0 aliphatic heterocycles. The number of anilines is 2. The lowest BCUT2D eigenvalue weighted by molar-refractivity contribution is -0.119. The van der Waals surface area contributed by atoms with Gasteiger partial charge in [-0.3, -0.25) is 9.59 Å². The van der Waals surface area contributed by atoms with Gasteiger partial charge in [-0.05, 0) is 55.0 Å². The standard InChI is InChI=1S/C24H21BrN2O5/c1-16-6-2-4-8-20(16)27-23(29)15-32-24(30)19-7-3-5-9-21(19)31-14-22(28)26-18-12-10-17(25)11-13-18/h2-13H,14-15H2,1H3,(H,26,28)(H,27,29). The Morgan fingerprint density at radius 2 is 1.47 bits per heavy atom. The fourth-order valence-corrected chi connectivity index (χ4v) is 3.01. The number of carbonyl (C=O) groups excluding carboxylic acids is 3. The largest absolute Gasteiger partial charge is 0.483 e. The number of benzene rings is 3. The first kappa shape index (κ1) is 23.0. The molecule has 0 fully saturated rings. The molecule has 2 amide bonds. The van der Waals surface area contributed by atoms with Gasteiger partial charge in [0.1, 0.15) is 11.3 Å². The number of aryl methyl sites for hydroxylation is 1. The van der Waals surface area contributed by atoms with Crippen molar-refractivity contribution in [1.82, 2.24) is 0 Å². The van der Waals surface area contributed by atoms with Crippen LogP contribution >= 0.6 is 15.9 Å². The lowest BCUT2D eigenvalue weighted by atomic mass is 10.2. The van der Waals surface area contributed by atoms with Gasteiger partial charge in [0.15, 0.2) is 13.2 Å². The third-order valence-corrected chi connectivity index (χ3v) is 4.88. The van der Waals surface area contributed by atoms with Crippen LogP contribution in [0.4, 0.5) is 11.4 Å². The highest BCUT2D eigenvalue weighted by Crippen LogP contribution is 2.20. The molecule has 0 unspecified atom stereocenters. The van der Waals surface area contributed by atoms with Gasteiger partial charge in [0.25, 0.3) is 11.8 Å². The topological polar surface area (TPSA) is 93.7 Å². The van der Waals surface area contributed by atoms with E-state index < -0.39 is 18.5 Å². The maximum Gasteiger partial charge on any atom is 0.342 e. The van der Waals surface area contributed by atoms with Crippen molar-refractivity contribution in [3.8, 4) is 5.75 Å². The van der Waals surface area contributed by atoms with E-state index in [1.807, 2.05) is 19.1 Å². The van der Waals surface area contributed by atoms with Crippen LogP contribution in [0, 0.1) is 6.92 Å². The lowest BCUT2D eigenvalue weighted by Crippen LogP contribution is -2.23. The Morgan fingerprint density at radius 1 is 0.812 bits per heavy atom. The molecule has 0 atom stereocenters. The summed E-state index contributed by atoms with van der Waals surface area (Å²) in [4.78, 5) is 36.7. The van der Waals surface area contributed by atoms with Crippen LogP contribution in [-0.2, 0) is 14.3 Å². The van der Waals surface area contributed by atoms with Crippen molar-refractivity contribution in [2.75, 3.05) is 23.8 Å². The Kier molecular flexibility index (Phi) is 7.99. The molecular formula is C24H21BrN2O5. The van der Waals surface area contributed by atoms with Crippen molar-refractivity contribution in [1.29, 1.82) is 0 Å². The average Bonchev–Trinajstić information content (AvgIpc) is 2.79. The zero-order valence-corrected chi connectivity index (χ0v) is 18.8. The molecule has 7 nitrogen and oxygen atoms in total. The summed E-state index contributed by atoms with van der Waals surface area (Å²) < 4.78 is 11.5. The van der Waals surface area contributed by atoms with Gasteiger partial charge in [-0.1, -0.05) is 46.3 Å². The third kappa shape index (κ3) is 6.68. The molecule has 0 aliphatic rings. The predicted molar refractivity (Wildman–Crippen MR) is 125 cm³/mol. The van der Waals surface area contributed by atoms with Gasteiger partial charge in [-0.25, -0.2) is 4.79 Å². The first-order valence-corrected chi connectivity index (χ1v) is 10.5. The van der Waals surface area contributed by atoms with Gasteiger partial charge >= 0.3 is 5.97 Å². The summed E-state index contributed by atoms with van der Waals surface area (Å²) in [5, 5.41) is 5.40. The molecule has 32 heavy (non-hydrogen) atoms. The molecule has 0 bridgehead atoms. The average molecular weight is 497 g/mol. The number of para-hydroxylation sites is 2. The molecule has 8 heteroatoms. The van der Waals surface area contributed by atoms with E-state index in [0.717, 1.165) is 10.0 Å².